The van der Waals surface area contributed by atoms with E-state index < -0.39 is 9.84 Å². The van der Waals surface area contributed by atoms with Crippen LogP contribution in [-0.4, -0.2) is 35.6 Å². The van der Waals surface area contributed by atoms with Crippen LogP contribution in [-0.2, 0) is 15.3 Å². The van der Waals surface area contributed by atoms with Gasteiger partial charge in [0.15, 0.2) is 9.84 Å². The monoisotopic (exact) mass is 411 g/mol. The Kier molecular flexibility index (Phi) is 4.73. The first-order valence-electron chi connectivity index (χ1n) is 9.73. The summed E-state index contributed by atoms with van der Waals surface area (Å²) in [5.74, 6) is 0.505. The van der Waals surface area contributed by atoms with E-state index in [0.29, 0.717) is 17.8 Å². The Morgan fingerprint density at radius 1 is 1.10 bits per heavy atom. The number of hydrogen-bond donors (Lipinski definition) is 1. The lowest BCUT2D eigenvalue weighted by Crippen LogP contribution is -2.20. The predicted octanol–water partition coefficient (Wildman–Crippen LogP) is 3.95. The van der Waals surface area contributed by atoms with Gasteiger partial charge in [0.25, 0.3) is 5.91 Å². The van der Waals surface area contributed by atoms with Crippen molar-refractivity contribution in [2.45, 2.75) is 38.6 Å². The minimum atomic E-state index is -3.07. The number of carbonyl (C=O) groups excluding carboxylic acids is 1. The number of nitrogens with zero attached hydrogens (tertiary/aromatic N) is 2. The minimum absolute atomic E-state index is 0.0527. The second-order valence-electron chi connectivity index (χ2n) is 8.68. The summed E-state index contributed by atoms with van der Waals surface area (Å²) in [5, 5.41) is 9.68. The van der Waals surface area contributed by atoms with Crippen LogP contribution in [0.1, 0.15) is 49.3 Å². The molecule has 1 atom stereocenters. The first-order chi connectivity index (χ1) is 13.6. The molecular formula is C22H25N3O3S. The Labute approximate surface area is 170 Å². The van der Waals surface area contributed by atoms with Crippen LogP contribution in [0.3, 0.4) is 0 Å². The quantitative estimate of drug-likeness (QED) is 0.708. The van der Waals surface area contributed by atoms with Gasteiger partial charge in [0.05, 0.1) is 23.2 Å². The molecule has 1 aromatic heterocycles. The highest BCUT2D eigenvalue weighted by Crippen LogP contribution is 2.31. The molecule has 0 spiro atoms. The van der Waals surface area contributed by atoms with Gasteiger partial charge in [-0.1, -0.05) is 51.1 Å². The summed E-state index contributed by atoms with van der Waals surface area (Å²) >= 11 is 0. The van der Waals surface area contributed by atoms with Crippen molar-refractivity contribution in [3.63, 3.8) is 0 Å². The second kappa shape index (κ2) is 6.99. The molecule has 4 rings (SSSR count). The zero-order valence-electron chi connectivity index (χ0n) is 16.8. The van der Waals surface area contributed by atoms with Crippen LogP contribution in [0.5, 0.6) is 0 Å². The molecule has 1 N–H and O–H groups in total. The van der Waals surface area contributed by atoms with Gasteiger partial charge in [0.2, 0.25) is 0 Å². The van der Waals surface area contributed by atoms with Gasteiger partial charge >= 0.3 is 0 Å². The normalized spacial score (nSPS) is 18.8. The average molecular weight is 412 g/mol. The maximum Gasteiger partial charge on any atom is 0.256 e. The molecule has 1 aliphatic heterocycles. The number of nitrogens with one attached hydrogen (secondary N) is 1. The van der Waals surface area contributed by atoms with Gasteiger partial charge in [0.1, 0.15) is 5.82 Å². The third-order valence-corrected chi connectivity index (χ3v) is 7.06. The number of amides is 1. The first kappa shape index (κ1) is 19.6. The molecule has 1 amide bonds. The van der Waals surface area contributed by atoms with E-state index in [1.54, 1.807) is 10.7 Å². The van der Waals surface area contributed by atoms with E-state index in [2.05, 4.69) is 10.4 Å². The van der Waals surface area contributed by atoms with Gasteiger partial charge in [-0.3, -0.25) is 4.79 Å². The third kappa shape index (κ3) is 4.05. The van der Waals surface area contributed by atoms with E-state index in [4.69, 9.17) is 0 Å². The first-order valence-corrected chi connectivity index (χ1v) is 11.6. The molecule has 0 radical (unpaired) electrons. The highest BCUT2D eigenvalue weighted by molar-refractivity contribution is 7.91. The van der Waals surface area contributed by atoms with Crippen LogP contribution >= 0.6 is 0 Å². The molecule has 6 nitrogen and oxygen atoms in total. The summed E-state index contributed by atoms with van der Waals surface area (Å²) in [6.07, 6.45) is 0.506. The van der Waals surface area contributed by atoms with E-state index in [1.165, 1.54) is 0 Å². The van der Waals surface area contributed by atoms with Crippen LogP contribution in [0.15, 0.2) is 48.5 Å². The molecule has 1 fully saturated rings. The molecule has 152 valence electrons. The number of fused-ring (bicyclic) bond motifs is 1. The molecule has 2 aromatic carbocycles. The Hall–Kier alpha value is -2.67. The van der Waals surface area contributed by atoms with Gasteiger partial charge in [-0.25, -0.2) is 13.1 Å². The number of anilines is 1. The molecule has 2 heterocycles. The maximum absolute atomic E-state index is 12.9. The lowest BCUT2D eigenvalue weighted by Gasteiger charge is -2.15. The zero-order valence-corrected chi connectivity index (χ0v) is 17.7. The standard InChI is InChI=1S/C22H25N3O3S/c1-22(2,3)19-13-20(25(24-19)18-10-11-29(27,28)14-18)23-21(26)17-9-8-15-6-4-5-7-16(15)12-17/h4-9,12-13,18H,10-11,14H2,1-3H3,(H,23,26). The largest absolute Gasteiger partial charge is 0.307 e. The Morgan fingerprint density at radius 3 is 2.48 bits per heavy atom. The van der Waals surface area contributed by atoms with Crippen molar-refractivity contribution in [2.75, 3.05) is 16.8 Å². The van der Waals surface area contributed by atoms with Gasteiger partial charge in [-0.15, -0.1) is 0 Å². The predicted molar refractivity (Wildman–Crippen MR) is 115 cm³/mol. The van der Waals surface area contributed by atoms with E-state index in [1.807, 2.05) is 63.2 Å². The van der Waals surface area contributed by atoms with Crippen molar-refractivity contribution < 1.29 is 13.2 Å². The maximum atomic E-state index is 12.9. The van der Waals surface area contributed by atoms with E-state index in [0.717, 1.165) is 16.5 Å². The smallest absolute Gasteiger partial charge is 0.256 e. The van der Waals surface area contributed by atoms with Crippen LogP contribution < -0.4 is 5.32 Å². The number of benzene rings is 2. The lowest BCUT2D eigenvalue weighted by atomic mass is 9.92. The topological polar surface area (TPSA) is 81.1 Å². The zero-order chi connectivity index (χ0) is 20.8. The minimum Gasteiger partial charge on any atom is -0.307 e. The molecular weight excluding hydrogens is 386 g/mol. The molecule has 0 saturated carbocycles. The fourth-order valence-corrected chi connectivity index (χ4v) is 5.31. The van der Waals surface area contributed by atoms with Crippen LogP contribution in [0, 0.1) is 0 Å². The van der Waals surface area contributed by atoms with Crippen molar-refractivity contribution in [1.82, 2.24) is 9.78 Å². The van der Waals surface area contributed by atoms with Crippen molar-refractivity contribution >= 4 is 32.3 Å². The van der Waals surface area contributed by atoms with Gasteiger partial charge < -0.3 is 5.32 Å². The Morgan fingerprint density at radius 2 is 1.83 bits per heavy atom. The van der Waals surface area contributed by atoms with Crippen molar-refractivity contribution in [1.29, 1.82) is 0 Å². The van der Waals surface area contributed by atoms with Gasteiger partial charge in [-0.05, 0) is 29.3 Å². The third-order valence-electron chi connectivity index (χ3n) is 5.31. The second-order valence-corrected chi connectivity index (χ2v) is 10.9. The fourth-order valence-electron chi connectivity index (χ4n) is 3.62. The highest BCUT2D eigenvalue weighted by Gasteiger charge is 2.33. The molecule has 7 heteroatoms. The summed E-state index contributed by atoms with van der Waals surface area (Å²) in [5.41, 5.74) is 1.15. The molecule has 0 aliphatic carbocycles. The summed E-state index contributed by atoms with van der Waals surface area (Å²) < 4.78 is 25.6. The van der Waals surface area contributed by atoms with Crippen molar-refractivity contribution in [2.24, 2.45) is 0 Å². The number of rotatable bonds is 3. The summed E-state index contributed by atoms with van der Waals surface area (Å²) in [6.45, 7) is 6.12. The number of sulfone groups is 1. The Bertz CT molecular complexity index is 1190. The average Bonchev–Trinajstić information content (AvgIpc) is 3.24. The molecule has 1 aliphatic rings. The van der Waals surface area contributed by atoms with Crippen molar-refractivity contribution in [3.8, 4) is 0 Å². The molecule has 1 unspecified atom stereocenters. The van der Waals surface area contributed by atoms with Gasteiger partial charge in [0, 0.05) is 17.0 Å². The number of carbonyl (C=O) groups is 1. The fraction of sp³-hybridized carbons (Fsp3) is 0.364. The Balaban J connectivity index is 1.67. The number of aromatic nitrogens is 2. The molecule has 3 aromatic rings. The SMILES string of the molecule is CC(C)(C)c1cc(NC(=O)c2ccc3ccccc3c2)n(C2CCS(=O)(=O)C2)n1. The number of hydrogen-bond acceptors (Lipinski definition) is 4. The van der Waals surface area contributed by atoms with Gasteiger partial charge in [-0.2, -0.15) is 5.10 Å². The highest BCUT2D eigenvalue weighted by atomic mass is 32.2. The van der Waals surface area contributed by atoms with Crippen molar-refractivity contribution in [3.05, 3.63) is 59.8 Å². The van der Waals surface area contributed by atoms with E-state index >= 15 is 0 Å². The molecule has 1 saturated heterocycles. The molecule has 29 heavy (non-hydrogen) atoms. The lowest BCUT2D eigenvalue weighted by molar-refractivity contribution is 0.102. The van der Waals surface area contributed by atoms with Crippen LogP contribution in [0.25, 0.3) is 10.8 Å². The summed E-state index contributed by atoms with van der Waals surface area (Å²) in [4.78, 5) is 12.9. The summed E-state index contributed by atoms with van der Waals surface area (Å²) in [6, 6.07) is 15.0. The summed E-state index contributed by atoms with van der Waals surface area (Å²) in [7, 11) is -3.07. The van der Waals surface area contributed by atoms with E-state index in [9.17, 15) is 13.2 Å². The van der Waals surface area contributed by atoms with Crippen LogP contribution in [0.4, 0.5) is 5.82 Å². The van der Waals surface area contributed by atoms with E-state index in [-0.39, 0.29) is 28.9 Å². The van der Waals surface area contributed by atoms with Crippen LogP contribution in [0.2, 0.25) is 0 Å². The molecule has 0 bridgehead atoms.